The number of aliphatic carboxylic acids is 3. The highest BCUT2D eigenvalue weighted by atomic mass is 16.4. The van der Waals surface area contributed by atoms with Gasteiger partial charge in [0.2, 0.25) is 5.91 Å². The standard InChI is InChI=1S/C12H18N2O7/c13-7(4-10(16)17)1-2-9(15)14-5-6(11(18)19)3-8(14)12(20)21/h6-8H,1-5,13H2,(H,16,17)(H,18,19)(H,20,21)/t6?,7-,8?/m0/s1. The van der Waals surface area contributed by atoms with Gasteiger partial charge in [0, 0.05) is 19.0 Å². The first-order valence-electron chi connectivity index (χ1n) is 6.44. The summed E-state index contributed by atoms with van der Waals surface area (Å²) in [4.78, 5) is 45.4. The van der Waals surface area contributed by atoms with Gasteiger partial charge in [0.15, 0.2) is 0 Å². The molecule has 1 saturated heterocycles. The van der Waals surface area contributed by atoms with Crippen molar-refractivity contribution in [1.82, 2.24) is 4.90 Å². The summed E-state index contributed by atoms with van der Waals surface area (Å²) in [6.45, 7) is -0.153. The van der Waals surface area contributed by atoms with E-state index in [4.69, 9.17) is 21.1 Å². The summed E-state index contributed by atoms with van der Waals surface area (Å²) in [5.41, 5.74) is 5.53. The lowest BCUT2D eigenvalue weighted by Gasteiger charge is -2.22. The molecular weight excluding hydrogens is 284 g/mol. The Hall–Kier alpha value is -2.16. The molecule has 0 aromatic heterocycles. The molecule has 0 aromatic rings. The smallest absolute Gasteiger partial charge is 0.326 e. The van der Waals surface area contributed by atoms with Crippen molar-refractivity contribution in [2.75, 3.05) is 6.54 Å². The van der Waals surface area contributed by atoms with Crippen LogP contribution in [-0.4, -0.2) is 62.7 Å². The van der Waals surface area contributed by atoms with E-state index in [1.807, 2.05) is 0 Å². The van der Waals surface area contributed by atoms with E-state index in [9.17, 15) is 19.2 Å². The van der Waals surface area contributed by atoms with Gasteiger partial charge in [0.05, 0.1) is 12.3 Å². The minimum Gasteiger partial charge on any atom is -0.481 e. The fourth-order valence-corrected chi connectivity index (χ4v) is 2.30. The number of likely N-dealkylation sites (tertiary alicyclic amines) is 1. The Morgan fingerprint density at radius 3 is 2.24 bits per heavy atom. The molecule has 0 radical (unpaired) electrons. The number of rotatable bonds is 7. The molecule has 0 aromatic carbocycles. The van der Waals surface area contributed by atoms with Crippen molar-refractivity contribution in [3.8, 4) is 0 Å². The van der Waals surface area contributed by atoms with Crippen molar-refractivity contribution in [3.05, 3.63) is 0 Å². The fourth-order valence-electron chi connectivity index (χ4n) is 2.30. The molecule has 0 bridgehead atoms. The number of amides is 1. The van der Waals surface area contributed by atoms with Gasteiger partial charge >= 0.3 is 17.9 Å². The van der Waals surface area contributed by atoms with Crippen molar-refractivity contribution in [2.24, 2.45) is 11.7 Å². The van der Waals surface area contributed by atoms with Crippen molar-refractivity contribution >= 4 is 23.8 Å². The Bertz CT molecular complexity index is 451. The van der Waals surface area contributed by atoms with Gasteiger partial charge in [0.1, 0.15) is 6.04 Å². The summed E-state index contributed by atoms with van der Waals surface area (Å²) in [7, 11) is 0. The van der Waals surface area contributed by atoms with E-state index in [1.165, 1.54) is 0 Å². The zero-order valence-electron chi connectivity index (χ0n) is 11.3. The molecular formula is C12H18N2O7. The zero-order chi connectivity index (χ0) is 16.2. The second kappa shape index (κ2) is 7.02. The van der Waals surface area contributed by atoms with Crippen LogP contribution in [0.5, 0.6) is 0 Å². The van der Waals surface area contributed by atoms with E-state index in [-0.39, 0.29) is 32.2 Å². The Kier molecular flexibility index (Phi) is 5.65. The zero-order valence-corrected chi connectivity index (χ0v) is 11.3. The molecule has 9 heteroatoms. The molecule has 1 aliphatic heterocycles. The van der Waals surface area contributed by atoms with Gasteiger partial charge in [-0.25, -0.2) is 4.79 Å². The second-order valence-corrected chi connectivity index (χ2v) is 5.07. The van der Waals surface area contributed by atoms with E-state index in [1.54, 1.807) is 0 Å². The number of nitrogens with zero attached hydrogens (tertiary/aromatic N) is 1. The molecule has 9 nitrogen and oxygen atoms in total. The topological polar surface area (TPSA) is 158 Å². The summed E-state index contributed by atoms with van der Waals surface area (Å²) in [5, 5.41) is 26.5. The van der Waals surface area contributed by atoms with Crippen LogP contribution in [0.2, 0.25) is 0 Å². The summed E-state index contributed by atoms with van der Waals surface area (Å²) >= 11 is 0. The van der Waals surface area contributed by atoms with E-state index >= 15 is 0 Å². The van der Waals surface area contributed by atoms with Crippen LogP contribution < -0.4 is 5.73 Å². The number of hydrogen-bond acceptors (Lipinski definition) is 5. The van der Waals surface area contributed by atoms with E-state index < -0.39 is 41.8 Å². The fraction of sp³-hybridized carbons (Fsp3) is 0.667. The average molecular weight is 302 g/mol. The minimum absolute atomic E-state index is 0.103. The van der Waals surface area contributed by atoms with Gasteiger partial charge in [-0.05, 0) is 12.8 Å². The number of nitrogens with two attached hydrogens (primary N) is 1. The molecule has 5 N–H and O–H groups in total. The van der Waals surface area contributed by atoms with Crippen LogP contribution in [-0.2, 0) is 19.2 Å². The highest BCUT2D eigenvalue weighted by Crippen LogP contribution is 2.25. The third kappa shape index (κ3) is 4.71. The van der Waals surface area contributed by atoms with Crippen LogP contribution in [0.4, 0.5) is 0 Å². The van der Waals surface area contributed by atoms with Crippen molar-refractivity contribution in [1.29, 1.82) is 0 Å². The molecule has 1 aliphatic rings. The van der Waals surface area contributed by atoms with Crippen molar-refractivity contribution in [2.45, 2.75) is 37.8 Å². The number of carboxylic acids is 3. The van der Waals surface area contributed by atoms with Gasteiger partial charge in [-0.15, -0.1) is 0 Å². The number of carbonyl (C=O) groups is 4. The summed E-state index contributed by atoms with van der Waals surface area (Å²) in [5.74, 6) is -4.89. The lowest BCUT2D eigenvalue weighted by atomic mass is 10.1. The Morgan fingerprint density at radius 2 is 1.76 bits per heavy atom. The molecule has 0 aliphatic carbocycles. The molecule has 1 rings (SSSR count). The van der Waals surface area contributed by atoms with Gasteiger partial charge in [-0.1, -0.05) is 0 Å². The van der Waals surface area contributed by atoms with Crippen LogP contribution in [0.15, 0.2) is 0 Å². The average Bonchev–Trinajstić information content (AvgIpc) is 2.80. The third-order valence-electron chi connectivity index (χ3n) is 3.42. The summed E-state index contributed by atoms with van der Waals surface area (Å²) in [6.07, 6.45) is -0.415. The molecule has 21 heavy (non-hydrogen) atoms. The molecule has 1 amide bonds. The highest BCUT2D eigenvalue weighted by molar-refractivity contribution is 5.86. The number of carbonyl (C=O) groups excluding carboxylic acids is 1. The van der Waals surface area contributed by atoms with E-state index in [0.29, 0.717) is 0 Å². The normalized spacial score (nSPS) is 22.8. The Morgan fingerprint density at radius 1 is 1.14 bits per heavy atom. The van der Waals surface area contributed by atoms with E-state index in [2.05, 4.69) is 0 Å². The van der Waals surface area contributed by atoms with Crippen LogP contribution in [0.1, 0.15) is 25.7 Å². The minimum atomic E-state index is -1.25. The van der Waals surface area contributed by atoms with Crippen LogP contribution in [0.3, 0.4) is 0 Å². The Balaban J connectivity index is 2.60. The molecule has 2 unspecified atom stereocenters. The quantitative estimate of drug-likeness (QED) is 0.464. The van der Waals surface area contributed by atoms with Gasteiger partial charge < -0.3 is 26.0 Å². The third-order valence-corrected chi connectivity index (χ3v) is 3.42. The molecule has 0 spiro atoms. The van der Waals surface area contributed by atoms with Crippen LogP contribution >= 0.6 is 0 Å². The number of carboxylic acid groups (broad SMARTS) is 3. The van der Waals surface area contributed by atoms with Crippen molar-refractivity contribution in [3.63, 3.8) is 0 Å². The molecule has 1 heterocycles. The first-order chi connectivity index (χ1) is 9.72. The van der Waals surface area contributed by atoms with Crippen LogP contribution in [0.25, 0.3) is 0 Å². The number of hydrogen-bond donors (Lipinski definition) is 4. The lowest BCUT2D eigenvalue weighted by Crippen LogP contribution is -2.41. The molecule has 118 valence electrons. The summed E-state index contributed by atoms with van der Waals surface area (Å²) in [6, 6.07) is -1.86. The van der Waals surface area contributed by atoms with Crippen LogP contribution in [0, 0.1) is 5.92 Å². The predicted molar refractivity (Wildman–Crippen MR) is 68.3 cm³/mol. The molecule has 1 fully saturated rings. The SMILES string of the molecule is N[C@@H](CCC(=O)N1CC(C(=O)O)CC1C(=O)O)CC(=O)O. The maximum atomic E-state index is 12.0. The lowest BCUT2D eigenvalue weighted by molar-refractivity contribution is -0.148. The molecule has 0 saturated carbocycles. The maximum absolute atomic E-state index is 12.0. The monoisotopic (exact) mass is 302 g/mol. The second-order valence-electron chi connectivity index (χ2n) is 5.07. The first-order valence-corrected chi connectivity index (χ1v) is 6.44. The van der Waals surface area contributed by atoms with Gasteiger partial charge in [-0.3, -0.25) is 14.4 Å². The van der Waals surface area contributed by atoms with Gasteiger partial charge in [0.25, 0.3) is 0 Å². The Labute approximate surface area is 120 Å². The first kappa shape index (κ1) is 16.9. The highest BCUT2D eigenvalue weighted by Gasteiger charge is 2.42. The predicted octanol–water partition coefficient (Wildman–Crippen LogP) is -1.05. The molecule has 3 atom stereocenters. The van der Waals surface area contributed by atoms with Gasteiger partial charge in [-0.2, -0.15) is 0 Å². The maximum Gasteiger partial charge on any atom is 0.326 e. The van der Waals surface area contributed by atoms with Crippen molar-refractivity contribution < 1.29 is 34.5 Å². The van der Waals surface area contributed by atoms with E-state index in [0.717, 1.165) is 4.90 Å². The summed E-state index contributed by atoms with van der Waals surface area (Å²) < 4.78 is 0. The largest absolute Gasteiger partial charge is 0.481 e.